The molecule has 32 heavy (non-hydrogen) atoms. The lowest BCUT2D eigenvalue weighted by atomic mass is 9.97. The maximum atomic E-state index is 13.3. The minimum atomic E-state index is -3.75. The minimum absolute atomic E-state index is 0.0242. The van der Waals surface area contributed by atoms with Gasteiger partial charge in [-0.3, -0.25) is 4.79 Å². The van der Waals surface area contributed by atoms with Crippen molar-refractivity contribution < 1.29 is 17.7 Å². The van der Waals surface area contributed by atoms with Crippen LogP contribution in [0.4, 0.5) is 5.69 Å². The van der Waals surface area contributed by atoms with Crippen molar-refractivity contribution in [1.29, 1.82) is 0 Å². The first kappa shape index (κ1) is 22.2. The molecule has 9 heteroatoms. The van der Waals surface area contributed by atoms with Gasteiger partial charge in [0, 0.05) is 31.5 Å². The lowest BCUT2D eigenvalue weighted by Crippen LogP contribution is -2.38. The van der Waals surface area contributed by atoms with Crippen molar-refractivity contribution in [3.05, 3.63) is 59.4 Å². The molecule has 8 nitrogen and oxygen atoms in total. The van der Waals surface area contributed by atoms with Crippen LogP contribution >= 0.6 is 0 Å². The van der Waals surface area contributed by atoms with Crippen LogP contribution in [0.15, 0.2) is 51.9 Å². The van der Waals surface area contributed by atoms with E-state index in [0.29, 0.717) is 43.3 Å². The number of nitrogens with zero attached hydrogens (tertiary/aromatic N) is 3. The number of aromatic nitrogens is 2. The van der Waals surface area contributed by atoms with Crippen LogP contribution in [0.2, 0.25) is 0 Å². The highest BCUT2D eigenvalue weighted by Crippen LogP contribution is 2.33. The SMILES string of the molecule is CC(=O)Nc1ccc(C)cc1S(=O)(=O)N1CCC(c2noc(-c3cccc(C)c3)n2)CC1. The zero-order chi connectivity index (χ0) is 22.9. The van der Waals surface area contributed by atoms with Gasteiger partial charge in [-0.2, -0.15) is 9.29 Å². The Hall–Kier alpha value is -3.04. The normalized spacial score (nSPS) is 15.6. The summed E-state index contributed by atoms with van der Waals surface area (Å²) in [6.07, 6.45) is 1.18. The summed E-state index contributed by atoms with van der Waals surface area (Å²) < 4.78 is 33.6. The molecule has 1 aromatic heterocycles. The second-order valence-corrected chi connectivity index (χ2v) is 10.1. The van der Waals surface area contributed by atoms with E-state index in [4.69, 9.17) is 4.52 Å². The van der Waals surface area contributed by atoms with Crippen LogP contribution < -0.4 is 5.32 Å². The fourth-order valence-electron chi connectivity index (χ4n) is 3.93. The van der Waals surface area contributed by atoms with E-state index in [1.165, 1.54) is 11.2 Å². The number of carbonyl (C=O) groups is 1. The Labute approximate surface area is 187 Å². The predicted octanol–water partition coefficient (Wildman–Crippen LogP) is 3.88. The molecule has 0 radical (unpaired) electrons. The maximum absolute atomic E-state index is 13.3. The molecule has 0 spiro atoms. The van der Waals surface area contributed by atoms with Gasteiger partial charge in [-0.05, 0) is 56.5 Å². The van der Waals surface area contributed by atoms with Gasteiger partial charge in [0.15, 0.2) is 5.82 Å². The van der Waals surface area contributed by atoms with Crippen LogP contribution in [-0.4, -0.2) is 41.9 Å². The van der Waals surface area contributed by atoms with Crippen LogP contribution in [0.1, 0.15) is 42.6 Å². The molecule has 0 atom stereocenters. The number of hydrogen-bond acceptors (Lipinski definition) is 6. The van der Waals surface area contributed by atoms with Gasteiger partial charge in [0.2, 0.25) is 15.9 Å². The monoisotopic (exact) mass is 454 g/mol. The number of piperidine rings is 1. The van der Waals surface area contributed by atoms with Crippen molar-refractivity contribution in [3.8, 4) is 11.5 Å². The molecule has 0 unspecified atom stereocenters. The van der Waals surface area contributed by atoms with Gasteiger partial charge in [-0.25, -0.2) is 8.42 Å². The Morgan fingerprint density at radius 2 is 1.81 bits per heavy atom. The lowest BCUT2D eigenvalue weighted by Gasteiger charge is -2.30. The van der Waals surface area contributed by atoms with E-state index in [2.05, 4.69) is 15.5 Å². The number of rotatable bonds is 5. The molecule has 3 aromatic rings. The maximum Gasteiger partial charge on any atom is 0.257 e. The Balaban J connectivity index is 1.49. The number of anilines is 1. The smallest absolute Gasteiger partial charge is 0.257 e. The third kappa shape index (κ3) is 4.58. The molecule has 2 aromatic carbocycles. The van der Waals surface area contributed by atoms with E-state index in [-0.39, 0.29) is 16.7 Å². The quantitative estimate of drug-likeness (QED) is 0.627. The summed E-state index contributed by atoms with van der Waals surface area (Å²) in [6.45, 7) is 5.87. The summed E-state index contributed by atoms with van der Waals surface area (Å²) >= 11 is 0. The third-order valence-electron chi connectivity index (χ3n) is 5.59. The van der Waals surface area contributed by atoms with E-state index in [0.717, 1.165) is 16.7 Å². The van der Waals surface area contributed by atoms with E-state index in [1.807, 2.05) is 38.1 Å². The van der Waals surface area contributed by atoms with E-state index in [1.54, 1.807) is 18.2 Å². The number of carbonyl (C=O) groups excluding carboxylic acids is 1. The Bertz CT molecular complexity index is 1240. The lowest BCUT2D eigenvalue weighted by molar-refractivity contribution is -0.114. The molecule has 0 saturated carbocycles. The van der Waals surface area contributed by atoms with Crippen LogP contribution in [0.25, 0.3) is 11.5 Å². The minimum Gasteiger partial charge on any atom is -0.334 e. The molecular weight excluding hydrogens is 428 g/mol. The number of hydrogen-bond donors (Lipinski definition) is 1. The predicted molar refractivity (Wildman–Crippen MR) is 121 cm³/mol. The van der Waals surface area contributed by atoms with E-state index < -0.39 is 10.0 Å². The second-order valence-electron chi connectivity index (χ2n) is 8.19. The van der Waals surface area contributed by atoms with Gasteiger partial charge in [0.1, 0.15) is 4.90 Å². The topological polar surface area (TPSA) is 105 Å². The number of amides is 1. The molecule has 4 rings (SSSR count). The fourth-order valence-corrected chi connectivity index (χ4v) is 5.63. The first-order valence-corrected chi connectivity index (χ1v) is 12.0. The van der Waals surface area contributed by atoms with Crippen LogP contribution in [0.5, 0.6) is 0 Å². The van der Waals surface area contributed by atoms with Crippen molar-refractivity contribution in [1.82, 2.24) is 14.4 Å². The summed E-state index contributed by atoms with van der Waals surface area (Å²) in [5.74, 6) is 0.785. The van der Waals surface area contributed by atoms with Crippen LogP contribution in [0.3, 0.4) is 0 Å². The molecule has 1 amide bonds. The zero-order valence-electron chi connectivity index (χ0n) is 18.3. The summed E-state index contributed by atoms with van der Waals surface area (Å²) in [5, 5.41) is 6.77. The number of sulfonamides is 1. The largest absolute Gasteiger partial charge is 0.334 e. The fraction of sp³-hybridized carbons (Fsp3) is 0.348. The van der Waals surface area contributed by atoms with Crippen molar-refractivity contribution in [2.24, 2.45) is 0 Å². The van der Waals surface area contributed by atoms with Gasteiger partial charge >= 0.3 is 0 Å². The molecule has 0 bridgehead atoms. The van der Waals surface area contributed by atoms with Gasteiger partial charge in [0.25, 0.3) is 5.89 Å². The third-order valence-corrected chi connectivity index (χ3v) is 7.53. The summed E-state index contributed by atoms with van der Waals surface area (Å²) in [4.78, 5) is 16.2. The highest BCUT2D eigenvalue weighted by atomic mass is 32.2. The van der Waals surface area contributed by atoms with E-state index in [9.17, 15) is 13.2 Å². The summed E-state index contributed by atoms with van der Waals surface area (Å²) in [7, 11) is -3.75. The molecule has 2 heterocycles. The molecule has 1 saturated heterocycles. The molecular formula is C23H26N4O4S. The van der Waals surface area contributed by atoms with Crippen molar-refractivity contribution in [2.75, 3.05) is 18.4 Å². The molecule has 1 fully saturated rings. The van der Waals surface area contributed by atoms with Crippen molar-refractivity contribution >= 4 is 21.6 Å². The van der Waals surface area contributed by atoms with Crippen LogP contribution in [-0.2, 0) is 14.8 Å². The highest BCUT2D eigenvalue weighted by molar-refractivity contribution is 7.89. The number of nitrogens with one attached hydrogen (secondary N) is 1. The van der Waals surface area contributed by atoms with Crippen molar-refractivity contribution in [3.63, 3.8) is 0 Å². The molecule has 1 aliphatic rings. The molecule has 1 aliphatic heterocycles. The average molecular weight is 455 g/mol. The molecule has 168 valence electrons. The first-order chi connectivity index (χ1) is 15.2. The average Bonchev–Trinajstić information content (AvgIpc) is 3.25. The van der Waals surface area contributed by atoms with Crippen molar-refractivity contribution in [2.45, 2.75) is 44.4 Å². The highest BCUT2D eigenvalue weighted by Gasteiger charge is 2.33. The van der Waals surface area contributed by atoms with Gasteiger partial charge < -0.3 is 9.84 Å². The molecule has 0 aliphatic carbocycles. The number of aryl methyl sites for hydroxylation is 2. The van der Waals surface area contributed by atoms with E-state index >= 15 is 0 Å². The number of benzene rings is 2. The summed E-state index contributed by atoms with van der Waals surface area (Å²) in [6, 6.07) is 12.9. The second kappa shape index (κ2) is 8.84. The Morgan fingerprint density at radius 1 is 1.09 bits per heavy atom. The first-order valence-electron chi connectivity index (χ1n) is 10.5. The molecule has 1 N–H and O–H groups in total. The van der Waals surface area contributed by atoms with Gasteiger partial charge in [-0.15, -0.1) is 0 Å². The Morgan fingerprint density at radius 3 is 2.50 bits per heavy atom. The zero-order valence-corrected chi connectivity index (χ0v) is 19.1. The summed E-state index contributed by atoms with van der Waals surface area (Å²) in [5.41, 5.74) is 3.08. The van der Waals surface area contributed by atoms with Crippen LogP contribution in [0, 0.1) is 13.8 Å². The van der Waals surface area contributed by atoms with Gasteiger partial charge in [-0.1, -0.05) is 28.9 Å². The van der Waals surface area contributed by atoms with Gasteiger partial charge in [0.05, 0.1) is 5.69 Å². The standard InChI is InChI=1S/C23H26N4O4S/c1-15-5-4-6-19(13-15)23-25-22(26-31-23)18-9-11-27(12-10-18)32(29,30)21-14-16(2)7-8-20(21)24-17(3)28/h4-8,13-14,18H,9-12H2,1-3H3,(H,24,28). The Kier molecular flexibility index (Phi) is 6.12.